The smallest absolute Gasteiger partial charge is 0.255 e. The summed E-state index contributed by atoms with van der Waals surface area (Å²) in [6.07, 6.45) is 0. The highest BCUT2D eigenvalue weighted by molar-refractivity contribution is 8.00. The zero-order chi connectivity index (χ0) is 22.2. The summed E-state index contributed by atoms with van der Waals surface area (Å²) in [4.78, 5) is 25.4. The first kappa shape index (κ1) is 22.2. The number of hydrogen-bond acceptors (Lipinski definition) is 5. The molecule has 160 valence electrons. The highest BCUT2D eigenvalue weighted by Gasteiger charge is 2.10. The molecule has 0 radical (unpaired) electrons. The first-order chi connectivity index (χ1) is 15.0. The lowest BCUT2D eigenvalue weighted by Crippen LogP contribution is -2.14. The van der Waals surface area contributed by atoms with Crippen LogP contribution in [0.1, 0.15) is 10.4 Å². The van der Waals surface area contributed by atoms with Gasteiger partial charge in [0.1, 0.15) is 17.3 Å². The van der Waals surface area contributed by atoms with Crippen molar-refractivity contribution in [2.24, 2.45) is 0 Å². The van der Waals surface area contributed by atoms with Crippen LogP contribution in [0.4, 0.5) is 15.8 Å². The van der Waals surface area contributed by atoms with Crippen LogP contribution < -0.4 is 20.1 Å². The zero-order valence-electron chi connectivity index (χ0n) is 17.0. The second-order valence-corrected chi connectivity index (χ2v) is 7.44. The molecular weight excluding hydrogens is 419 g/mol. The van der Waals surface area contributed by atoms with Crippen LogP contribution in [-0.2, 0) is 4.79 Å². The van der Waals surface area contributed by atoms with Crippen molar-refractivity contribution in [1.82, 2.24) is 0 Å². The van der Waals surface area contributed by atoms with Crippen LogP contribution in [0, 0.1) is 5.82 Å². The van der Waals surface area contributed by atoms with Gasteiger partial charge in [0.15, 0.2) is 0 Å². The van der Waals surface area contributed by atoms with Gasteiger partial charge in [-0.25, -0.2) is 4.39 Å². The van der Waals surface area contributed by atoms with E-state index in [1.165, 1.54) is 43.1 Å². The molecule has 0 bridgehead atoms. The molecular formula is C23H21FN2O4S. The number of ether oxygens (including phenoxy) is 2. The average molecular weight is 440 g/mol. The van der Waals surface area contributed by atoms with Gasteiger partial charge in [-0.2, -0.15) is 0 Å². The average Bonchev–Trinajstić information content (AvgIpc) is 2.79. The highest BCUT2D eigenvalue weighted by atomic mass is 32.2. The molecule has 0 heterocycles. The number of methoxy groups -OCH3 is 2. The Kier molecular flexibility index (Phi) is 7.50. The van der Waals surface area contributed by atoms with Crippen LogP contribution in [0.2, 0.25) is 0 Å². The number of nitrogens with one attached hydrogen (secondary N) is 2. The largest absolute Gasteiger partial charge is 0.497 e. The molecule has 3 aromatic carbocycles. The fraction of sp³-hybridized carbons (Fsp3) is 0.130. The number of amides is 2. The minimum absolute atomic E-state index is 0.190. The number of carbonyl (C=O) groups is 2. The number of halogens is 1. The molecule has 0 spiro atoms. The van der Waals surface area contributed by atoms with Crippen molar-refractivity contribution in [3.63, 3.8) is 0 Å². The third-order valence-corrected chi connectivity index (χ3v) is 5.28. The monoisotopic (exact) mass is 440 g/mol. The first-order valence-corrected chi connectivity index (χ1v) is 10.3. The Hall–Kier alpha value is -3.52. The molecule has 0 aliphatic rings. The van der Waals surface area contributed by atoms with E-state index >= 15 is 0 Å². The highest BCUT2D eigenvalue weighted by Crippen LogP contribution is 2.29. The van der Waals surface area contributed by atoms with Crippen molar-refractivity contribution in [1.29, 1.82) is 0 Å². The van der Waals surface area contributed by atoms with Gasteiger partial charge in [0.2, 0.25) is 5.91 Å². The van der Waals surface area contributed by atoms with Crippen LogP contribution in [0.25, 0.3) is 0 Å². The SMILES string of the molecule is COc1ccc(OC)c(NC(=O)CSc2ccc(NC(=O)c3ccc(F)cc3)cc2)c1. The van der Waals surface area contributed by atoms with Crippen LogP contribution in [-0.4, -0.2) is 31.8 Å². The summed E-state index contributed by atoms with van der Waals surface area (Å²) in [7, 11) is 3.08. The fourth-order valence-electron chi connectivity index (χ4n) is 2.69. The fourth-order valence-corrected chi connectivity index (χ4v) is 3.38. The van der Waals surface area contributed by atoms with E-state index in [4.69, 9.17) is 9.47 Å². The molecule has 3 rings (SSSR count). The standard InChI is InChI=1S/C23H21FN2O4S/c1-29-18-9-12-21(30-2)20(13-18)26-22(27)14-31-19-10-7-17(8-11-19)25-23(28)15-3-5-16(24)6-4-15/h3-13H,14H2,1-2H3,(H,25,28)(H,26,27). The van der Waals surface area contributed by atoms with Gasteiger partial charge in [-0.1, -0.05) is 0 Å². The molecule has 0 unspecified atom stereocenters. The van der Waals surface area contributed by atoms with Crippen molar-refractivity contribution >= 4 is 35.0 Å². The number of benzene rings is 3. The van der Waals surface area contributed by atoms with Gasteiger partial charge in [0.05, 0.1) is 25.7 Å². The van der Waals surface area contributed by atoms with Crippen molar-refractivity contribution in [2.45, 2.75) is 4.90 Å². The van der Waals surface area contributed by atoms with E-state index in [0.29, 0.717) is 28.4 Å². The van der Waals surface area contributed by atoms with Gasteiger partial charge in [-0.3, -0.25) is 9.59 Å². The molecule has 0 aliphatic carbocycles. The Balaban J connectivity index is 1.54. The third-order valence-electron chi connectivity index (χ3n) is 4.27. The van der Waals surface area contributed by atoms with Crippen molar-refractivity contribution in [3.05, 3.63) is 78.1 Å². The number of hydrogen-bond donors (Lipinski definition) is 2. The topological polar surface area (TPSA) is 76.7 Å². The minimum atomic E-state index is -0.396. The summed E-state index contributed by atoms with van der Waals surface area (Å²) in [6.45, 7) is 0. The van der Waals surface area contributed by atoms with E-state index in [1.807, 2.05) is 12.1 Å². The maximum atomic E-state index is 13.0. The number of rotatable bonds is 8. The Morgan fingerprint density at radius 3 is 2.26 bits per heavy atom. The summed E-state index contributed by atoms with van der Waals surface area (Å²) in [5.74, 6) is 0.438. The van der Waals surface area contributed by atoms with Gasteiger partial charge in [-0.15, -0.1) is 11.8 Å². The summed E-state index contributed by atoms with van der Waals surface area (Å²) in [5, 5.41) is 5.57. The molecule has 0 fully saturated rings. The molecule has 6 nitrogen and oxygen atoms in total. The number of anilines is 2. The van der Waals surface area contributed by atoms with E-state index in [9.17, 15) is 14.0 Å². The van der Waals surface area contributed by atoms with E-state index < -0.39 is 5.82 Å². The van der Waals surface area contributed by atoms with Crippen LogP contribution in [0.3, 0.4) is 0 Å². The maximum absolute atomic E-state index is 13.0. The summed E-state index contributed by atoms with van der Waals surface area (Å²) in [5.41, 5.74) is 1.50. The second-order valence-electron chi connectivity index (χ2n) is 6.39. The zero-order valence-corrected chi connectivity index (χ0v) is 17.8. The molecule has 0 atom stereocenters. The van der Waals surface area contributed by atoms with Crippen LogP contribution in [0.5, 0.6) is 11.5 Å². The molecule has 0 saturated heterocycles. The normalized spacial score (nSPS) is 10.3. The Morgan fingerprint density at radius 1 is 0.903 bits per heavy atom. The lowest BCUT2D eigenvalue weighted by atomic mass is 10.2. The molecule has 8 heteroatoms. The van der Waals surface area contributed by atoms with Gasteiger partial charge < -0.3 is 20.1 Å². The number of carbonyl (C=O) groups excluding carboxylic acids is 2. The molecule has 0 saturated carbocycles. The Bertz CT molecular complexity index is 1060. The van der Waals surface area contributed by atoms with E-state index in [-0.39, 0.29) is 17.6 Å². The van der Waals surface area contributed by atoms with Gasteiger partial charge in [0, 0.05) is 22.2 Å². The molecule has 0 aromatic heterocycles. The lowest BCUT2D eigenvalue weighted by molar-refractivity contribution is -0.113. The molecule has 31 heavy (non-hydrogen) atoms. The summed E-state index contributed by atoms with van der Waals surface area (Å²) >= 11 is 1.36. The van der Waals surface area contributed by atoms with E-state index in [2.05, 4.69) is 10.6 Å². The number of thioether (sulfide) groups is 1. The summed E-state index contributed by atoms with van der Waals surface area (Å²) < 4.78 is 23.4. The van der Waals surface area contributed by atoms with Crippen LogP contribution >= 0.6 is 11.8 Å². The molecule has 0 aliphatic heterocycles. The maximum Gasteiger partial charge on any atom is 0.255 e. The van der Waals surface area contributed by atoms with Gasteiger partial charge in [-0.05, 0) is 60.7 Å². The summed E-state index contributed by atoms with van der Waals surface area (Å²) in [6, 6.07) is 17.6. The third kappa shape index (κ3) is 6.23. The molecule has 2 N–H and O–H groups in total. The van der Waals surface area contributed by atoms with Crippen molar-refractivity contribution in [2.75, 3.05) is 30.6 Å². The second kappa shape index (κ2) is 10.5. The van der Waals surface area contributed by atoms with Gasteiger partial charge >= 0.3 is 0 Å². The van der Waals surface area contributed by atoms with Gasteiger partial charge in [0.25, 0.3) is 5.91 Å². The van der Waals surface area contributed by atoms with Crippen molar-refractivity contribution < 1.29 is 23.5 Å². The van der Waals surface area contributed by atoms with Crippen molar-refractivity contribution in [3.8, 4) is 11.5 Å². The van der Waals surface area contributed by atoms with E-state index in [0.717, 1.165) is 4.90 Å². The Morgan fingerprint density at radius 2 is 1.61 bits per heavy atom. The quantitative estimate of drug-likeness (QED) is 0.491. The first-order valence-electron chi connectivity index (χ1n) is 9.30. The molecule has 3 aromatic rings. The predicted octanol–water partition coefficient (Wildman–Crippen LogP) is 4.83. The lowest BCUT2D eigenvalue weighted by Gasteiger charge is -2.12. The van der Waals surface area contributed by atoms with Crippen LogP contribution in [0.15, 0.2) is 71.6 Å². The van der Waals surface area contributed by atoms with E-state index in [1.54, 1.807) is 37.4 Å². The molecule has 2 amide bonds. The predicted molar refractivity (Wildman–Crippen MR) is 120 cm³/mol. The Labute approximate surface area is 183 Å². The minimum Gasteiger partial charge on any atom is -0.497 e.